The molecule has 78 valence electrons. The highest BCUT2D eigenvalue weighted by atomic mass is 16.5. The number of hydrogen-bond donors (Lipinski definition) is 0. The molecule has 0 amide bonds. The van der Waals surface area contributed by atoms with E-state index in [4.69, 9.17) is 4.74 Å². The van der Waals surface area contributed by atoms with Crippen LogP contribution in [0.2, 0.25) is 0 Å². The van der Waals surface area contributed by atoms with Crippen molar-refractivity contribution >= 4 is 17.7 Å². The number of benzene rings is 1. The lowest BCUT2D eigenvalue weighted by Crippen LogP contribution is -2.34. The largest absolute Gasteiger partial charge is 0.428 e. The Balaban J connectivity index is 2.45. The molecule has 1 aromatic carbocycles. The lowest BCUT2D eigenvalue weighted by molar-refractivity contribution is -0.133. The molecule has 0 spiro atoms. The second-order valence-electron chi connectivity index (χ2n) is 3.54. The smallest absolute Gasteiger partial charge is 0.360 e. The van der Waals surface area contributed by atoms with Crippen molar-refractivity contribution in [2.24, 2.45) is 0 Å². The minimum absolute atomic E-state index is 0.324. The standard InChI is InChI=1S/C13H9NO2/c15-13-12-11-6-2-1-4-10(11)5-3-7-14(12)8-9-16-13/h1-9H. The second-order valence-corrected chi connectivity index (χ2v) is 3.54. The first kappa shape index (κ1) is 8.97. The Labute approximate surface area is 92.3 Å². The highest BCUT2D eigenvalue weighted by molar-refractivity contribution is 6.10. The van der Waals surface area contributed by atoms with E-state index in [0.717, 1.165) is 10.4 Å². The Morgan fingerprint density at radius 1 is 1.12 bits per heavy atom. The number of ether oxygens (including phenoxy) is 1. The molecule has 1 aromatic rings. The highest BCUT2D eigenvalue weighted by Gasteiger charge is 2.20. The van der Waals surface area contributed by atoms with Gasteiger partial charge in [0.25, 0.3) is 0 Å². The Bertz CT molecular complexity index is 626. The number of cyclic esters (lactones) is 1. The van der Waals surface area contributed by atoms with E-state index in [0.29, 0.717) is 5.70 Å². The molecule has 0 bridgehead atoms. The van der Waals surface area contributed by atoms with E-state index >= 15 is 0 Å². The van der Waals surface area contributed by atoms with Crippen molar-refractivity contribution in [1.82, 2.24) is 4.90 Å². The number of hydrogen-bond acceptors (Lipinski definition) is 3. The SMILES string of the molecule is O=C1OC=CN2C=CC=c3ccccc3=C12. The first-order valence-electron chi connectivity index (χ1n) is 5.00. The van der Waals surface area contributed by atoms with Crippen molar-refractivity contribution in [3.05, 3.63) is 59.4 Å². The number of rotatable bonds is 0. The van der Waals surface area contributed by atoms with E-state index in [-0.39, 0.29) is 5.97 Å². The van der Waals surface area contributed by atoms with Gasteiger partial charge in [-0.3, -0.25) is 0 Å². The summed E-state index contributed by atoms with van der Waals surface area (Å²) in [7, 11) is 0. The molecule has 0 unspecified atom stereocenters. The molecule has 2 aliphatic rings. The van der Waals surface area contributed by atoms with E-state index in [2.05, 4.69) is 0 Å². The molecule has 0 atom stereocenters. The minimum Gasteiger partial charge on any atom is -0.428 e. The third-order valence-electron chi connectivity index (χ3n) is 2.59. The van der Waals surface area contributed by atoms with Crippen molar-refractivity contribution in [3.8, 4) is 0 Å². The zero-order valence-corrected chi connectivity index (χ0v) is 8.46. The third kappa shape index (κ3) is 1.26. The van der Waals surface area contributed by atoms with Gasteiger partial charge in [0.15, 0.2) is 0 Å². The summed E-state index contributed by atoms with van der Waals surface area (Å²) in [4.78, 5) is 13.5. The van der Waals surface area contributed by atoms with Gasteiger partial charge in [-0.25, -0.2) is 4.79 Å². The van der Waals surface area contributed by atoms with Crippen LogP contribution in [0.3, 0.4) is 0 Å². The lowest BCUT2D eigenvalue weighted by atomic mass is 10.2. The second kappa shape index (κ2) is 3.38. The molecule has 3 heteroatoms. The summed E-state index contributed by atoms with van der Waals surface area (Å²) in [5.74, 6) is -0.324. The molecule has 2 heterocycles. The summed E-state index contributed by atoms with van der Waals surface area (Å²) >= 11 is 0. The van der Waals surface area contributed by atoms with Gasteiger partial charge in [-0.2, -0.15) is 0 Å². The Kier molecular flexibility index (Phi) is 1.90. The third-order valence-corrected chi connectivity index (χ3v) is 2.59. The zero-order valence-electron chi connectivity index (χ0n) is 8.46. The molecule has 3 rings (SSSR count). The zero-order chi connectivity index (χ0) is 11.0. The van der Waals surface area contributed by atoms with Crippen LogP contribution in [0.15, 0.2) is 49.0 Å². The summed E-state index contributed by atoms with van der Waals surface area (Å²) in [6, 6.07) is 7.75. The molecule has 0 saturated carbocycles. The van der Waals surface area contributed by atoms with Crippen LogP contribution in [0.1, 0.15) is 0 Å². The van der Waals surface area contributed by atoms with Gasteiger partial charge in [0.05, 0.1) is 0 Å². The monoisotopic (exact) mass is 211 g/mol. The Morgan fingerprint density at radius 3 is 2.94 bits per heavy atom. The first-order valence-corrected chi connectivity index (χ1v) is 5.00. The summed E-state index contributed by atoms with van der Waals surface area (Å²) < 4.78 is 4.91. The normalized spacial score (nSPS) is 17.1. The fourth-order valence-electron chi connectivity index (χ4n) is 1.86. The van der Waals surface area contributed by atoms with Gasteiger partial charge in [-0.05, 0) is 11.3 Å². The van der Waals surface area contributed by atoms with Crippen molar-refractivity contribution in [2.45, 2.75) is 0 Å². The maximum absolute atomic E-state index is 11.7. The predicted molar refractivity (Wildman–Crippen MR) is 59.8 cm³/mol. The van der Waals surface area contributed by atoms with Crippen LogP contribution in [0.25, 0.3) is 11.8 Å². The number of esters is 1. The molecular formula is C13H9NO2. The van der Waals surface area contributed by atoms with Crippen molar-refractivity contribution in [1.29, 1.82) is 0 Å². The first-order chi connectivity index (χ1) is 7.86. The van der Waals surface area contributed by atoms with Gasteiger partial charge < -0.3 is 9.64 Å². The van der Waals surface area contributed by atoms with Gasteiger partial charge in [0.1, 0.15) is 12.0 Å². The molecule has 0 aromatic heterocycles. The Morgan fingerprint density at radius 2 is 2.00 bits per heavy atom. The average Bonchev–Trinajstić information content (AvgIpc) is 2.49. The summed E-state index contributed by atoms with van der Waals surface area (Å²) in [5, 5.41) is 1.91. The minimum atomic E-state index is -0.324. The number of carbonyl (C=O) groups is 1. The topological polar surface area (TPSA) is 29.5 Å². The van der Waals surface area contributed by atoms with Crippen LogP contribution in [-0.4, -0.2) is 10.9 Å². The van der Waals surface area contributed by atoms with Crippen molar-refractivity contribution < 1.29 is 9.53 Å². The van der Waals surface area contributed by atoms with Crippen molar-refractivity contribution in [2.75, 3.05) is 0 Å². The molecule has 0 saturated heterocycles. The molecule has 2 aliphatic heterocycles. The van der Waals surface area contributed by atoms with E-state index in [1.54, 1.807) is 11.1 Å². The van der Waals surface area contributed by atoms with Crippen LogP contribution in [0.4, 0.5) is 0 Å². The molecule has 3 nitrogen and oxygen atoms in total. The molecule has 16 heavy (non-hydrogen) atoms. The number of carbonyl (C=O) groups excluding carboxylic acids is 1. The quantitative estimate of drug-likeness (QED) is 0.583. The summed E-state index contributed by atoms with van der Waals surface area (Å²) in [6.45, 7) is 0. The van der Waals surface area contributed by atoms with E-state index in [1.165, 1.54) is 6.26 Å². The van der Waals surface area contributed by atoms with Crippen LogP contribution in [0.5, 0.6) is 0 Å². The number of nitrogens with zero attached hydrogens (tertiary/aromatic N) is 1. The van der Waals surface area contributed by atoms with Crippen LogP contribution < -0.4 is 10.4 Å². The lowest BCUT2D eigenvalue weighted by Gasteiger charge is -2.20. The highest BCUT2D eigenvalue weighted by Crippen LogP contribution is 2.14. The van der Waals surface area contributed by atoms with E-state index in [9.17, 15) is 4.79 Å². The Hall–Kier alpha value is -2.29. The van der Waals surface area contributed by atoms with Crippen LogP contribution in [-0.2, 0) is 9.53 Å². The van der Waals surface area contributed by atoms with Crippen LogP contribution in [0, 0.1) is 0 Å². The van der Waals surface area contributed by atoms with Gasteiger partial charge in [0, 0.05) is 17.6 Å². The van der Waals surface area contributed by atoms with Gasteiger partial charge in [-0.1, -0.05) is 30.3 Å². The fourth-order valence-corrected chi connectivity index (χ4v) is 1.86. The maximum Gasteiger partial charge on any atom is 0.360 e. The van der Waals surface area contributed by atoms with E-state index in [1.807, 2.05) is 42.6 Å². The molecule has 0 radical (unpaired) electrons. The van der Waals surface area contributed by atoms with Gasteiger partial charge in [0.2, 0.25) is 0 Å². The van der Waals surface area contributed by atoms with Gasteiger partial charge in [-0.15, -0.1) is 0 Å². The molecule has 0 N–H and O–H groups in total. The van der Waals surface area contributed by atoms with E-state index < -0.39 is 0 Å². The number of fused-ring (bicyclic) bond motifs is 2. The molecular weight excluding hydrogens is 202 g/mol. The summed E-state index contributed by atoms with van der Waals surface area (Å²) in [6.07, 6.45) is 8.84. The number of allylic oxidation sites excluding steroid dienone is 1. The van der Waals surface area contributed by atoms with Crippen LogP contribution >= 0.6 is 0 Å². The molecule has 0 aliphatic carbocycles. The molecule has 0 fully saturated rings. The summed E-state index contributed by atoms with van der Waals surface area (Å²) in [5.41, 5.74) is 0.558. The predicted octanol–water partition coefficient (Wildman–Crippen LogP) is 0.433. The maximum atomic E-state index is 11.7. The van der Waals surface area contributed by atoms with Crippen molar-refractivity contribution in [3.63, 3.8) is 0 Å². The fraction of sp³-hybridized carbons (Fsp3) is 0. The van der Waals surface area contributed by atoms with Gasteiger partial charge >= 0.3 is 5.97 Å². The average molecular weight is 211 g/mol.